The van der Waals surface area contributed by atoms with Crippen molar-refractivity contribution >= 4 is 11.7 Å². The van der Waals surface area contributed by atoms with Gasteiger partial charge in [0.1, 0.15) is 5.82 Å². The summed E-state index contributed by atoms with van der Waals surface area (Å²) in [4.78, 5) is 40.5. The summed E-state index contributed by atoms with van der Waals surface area (Å²) in [5, 5.41) is 0. The standard InChI is InChI=1S/C26H27FN4O2/c1-3-17(2)24(32)26(33)31-13-7-9-19(16-31)23-21(20-10-4-5-11-22(20)27)15-29-25(30-23)18-8-6-12-28-14-18/h4-6,8,10-12,14-15,17,19H,3,7,9,13,16H2,1-2H3. The molecule has 3 aromatic rings. The van der Waals surface area contributed by atoms with Crippen molar-refractivity contribution in [2.24, 2.45) is 5.92 Å². The third kappa shape index (κ3) is 4.82. The van der Waals surface area contributed by atoms with E-state index in [1.165, 1.54) is 6.07 Å². The number of pyridine rings is 1. The predicted octanol–water partition coefficient (Wildman–Crippen LogP) is 4.67. The Bertz CT molecular complexity index is 1150. The summed E-state index contributed by atoms with van der Waals surface area (Å²) in [5.74, 6) is -1.10. The van der Waals surface area contributed by atoms with Crippen molar-refractivity contribution in [3.05, 3.63) is 66.5 Å². The first-order valence-corrected chi connectivity index (χ1v) is 11.3. The molecule has 0 spiro atoms. The number of nitrogens with zero attached hydrogens (tertiary/aromatic N) is 4. The van der Waals surface area contributed by atoms with Crippen molar-refractivity contribution in [1.82, 2.24) is 19.9 Å². The van der Waals surface area contributed by atoms with E-state index in [0.717, 1.165) is 18.4 Å². The predicted molar refractivity (Wildman–Crippen MR) is 124 cm³/mol. The molecule has 2 aromatic heterocycles. The van der Waals surface area contributed by atoms with Crippen LogP contribution in [0.2, 0.25) is 0 Å². The van der Waals surface area contributed by atoms with Crippen LogP contribution in [0.5, 0.6) is 0 Å². The lowest BCUT2D eigenvalue weighted by Crippen LogP contribution is -2.44. The van der Waals surface area contributed by atoms with E-state index >= 15 is 0 Å². The summed E-state index contributed by atoms with van der Waals surface area (Å²) in [5.41, 5.74) is 2.47. The second kappa shape index (κ2) is 9.98. The molecule has 0 aliphatic carbocycles. The highest BCUT2D eigenvalue weighted by atomic mass is 19.1. The molecule has 0 bridgehead atoms. The highest BCUT2D eigenvalue weighted by Crippen LogP contribution is 2.35. The average Bonchev–Trinajstić information content (AvgIpc) is 2.88. The maximum atomic E-state index is 14.7. The number of hydrogen-bond acceptors (Lipinski definition) is 5. The van der Waals surface area contributed by atoms with Crippen molar-refractivity contribution < 1.29 is 14.0 Å². The molecule has 1 amide bonds. The number of carbonyl (C=O) groups excluding carboxylic acids is 2. The number of likely N-dealkylation sites (tertiary alicyclic amines) is 1. The van der Waals surface area contributed by atoms with Gasteiger partial charge in [0.25, 0.3) is 5.91 Å². The highest BCUT2D eigenvalue weighted by Gasteiger charge is 2.32. The topological polar surface area (TPSA) is 76.1 Å². The maximum absolute atomic E-state index is 14.7. The Labute approximate surface area is 192 Å². The summed E-state index contributed by atoms with van der Waals surface area (Å²) in [7, 11) is 0. The Morgan fingerprint density at radius 1 is 1.15 bits per heavy atom. The van der Waals surface area contributed by atoms with Crippen molar-refractivity contribution in [3.8, 4) is 22.5 Å². The molecule has 7 heteroatoms. The van der Waals surface area contributed by atoms with Crippen LogP contribution in [-0.2, 0) is 9.59 Å². The Hall–Kier alpha value is -3.48. The van der Waals surface area contributed by atoms with E-state index < -0.39 is 5.91 Å². The first kappa shape index (κ1) is 22.7. The fourth-order valence-electron chi connectivity index (χ4n) is 4.16. The van der Waals surface area contributed by atoms with Crippen molar-refractivity contribution in [2.75, 3.05) is 13.1 Å². The van der Waals surface area contributed by atoms with Crippen LogP contribution in [0.4, 0.5) is 4.39 Å². The van der Waals surface area contributed by atoms with Crippen LogP contribution < -0.4 is 0 Å². The number of benzene rings is 1. The van der Waals surface area contributed by atoms with Gasteiger partial charge in [-0.1, -0.05) is 32.0 Å². The van der Waals surface area contributed by atoms with Crippen molar-refractivity contribution in [2.45, 2.75) is 39.0 Å². The first-order chi connectivity index (χ1) is 16.0. The molecule has 0 N–H and O–H groups in total. The van der Waals surface area contributed by atoms with Gasteiger partial charge in [-0.25, -0.2) is 14.4 Å². The van der Waals surface area contributed by atoms with E-state index in [0.29, 0.717) is 42.2 Å². The summed E-state index contributed by atoms with van der Waals surface area (Å²) in [6.45, 7) is 4.58. The average molecular weight is 447 g/mol. The zero-order valence-corrected chi connectivity index (χ0v) is 18.9. The second-order valence-electron chi connectivity index (χ2n) is 8.48. The van der Waals surface area contributed by atoms with Gasteiger partial charge < -0.3 is 4.90 Å². The van der Waals surface area contributed by atoms with E-state index in [2.05, 4.69) is 9.97 Å². The molecule has 170 valence electrons. The van der Waals surface area contributed by atoms with E-state index in [9.17, 15) is 14.0 Å². The third-order valence-corrected chi connectivity index (χ3v) is 6.27. The molecule has 0 radical (unpaired) electrons. The number of ketones is 1. The summed E-state index contributed by atoms with van der Waals surface area (Å²) < 4.78 is 14.7. The van der Waals surface area contributed by atoms with Crippen LogP contribution in [0.3, 0.4) is 0 Å². The molecule has 1 fully saturated rings. The lowest BCUT2D eigenvalue weighted by atomic mass is 9.89. The Kier molecular flexibility index (Phi) is 6.87. The number of rotatable bonds is 6. The first-order valence-electron chi connectivity index (χ1n) is 11.3. The molecule has 3 heterocycles. The Morgan fingerprint density at radius 2 is 1.97 bits per heavy atom. The number of halogens is 1. The highest BCUT2D eigenvalue weighted by molar-refractivity contribution is 6.36. The van der Waals surface area contributed by atoms with Gasteiger partial charge in [-0.15, -0.1) is 0 Å². The van der Waals surface area contributed by atoms with Crippen LogP contribution >= 0.6 is 0 Å². The molecule has 1 aliphatic rings. The fraction of sp³-hybridized carbons (Fsp3) is 0.346. The molecule has 1 saturated heterocycles. The molecule has 1 aromatic carbocycles. The summed E-state index contributed by atoms with van der Waals surface area (Å²) >= 11 is 0. The van der Waals surface area contributed by atoms with E-state index in [1.54, 1.807) is 48.6 Å². The molecule has 6 nitrogen and oxygen atoms in total. The molecular weight excluding hydrogens is 419 g/mol. The smallest absolute Gasteiger partial charge is 0.290 e. The number of aromatic nitrogens is 3. The van der Waals surface area contributed by atoms with Gasteiger partial charge in [0, 0.05) is 60.2 Å². The Morgan fingerprint density at radius 3 is 2.70 bits per heavy atom. The quantitative estimate of drug-likeness (QED) is 0.515. The molecule has 4 rings (SSSR count). The maximum Gasteiger partial charge on any atom is 0.290 e. The monoisotopic (exact) mass is 446 g/mol. The normalized spacial score (nSPS) is 16.9. The van der Waals surface area contributed by atoms with Crippen LogP contribution in [0.15, 0.2) is 55.0 Å². The summed E-state index contributed by atoms with van der Waals surface area (Å²) in [6, 6.07) is 10.2. The second-order valence-corrected chi connectivity index (χ2v) is 8.48. The summed E-state index contributed by atoms with van der Waals surface area (Å²) in [6.07, 6.45) is 7.16. The largest absolute Gasteiger partial charge is 0.335 e. The molecule has 1 aliphatic heterocycles. The van der Waals surface area contributed by atoms with Crippen LogP contribution in [0.25, 0.3) is 22.5 Å². The van der Waals surface area contributed by atoms with Gasteiger partial charge in [0.05, 0.1) is 5.69 Å². The molecule has 33 heavy (non-hydrogen) atoms. The number of hydrogen-bond donors (Lipinski definition) is 0. The minimum atomic E-state index is -0.442. The van der Waals surface area contributed by atoms with Gasteiger partial charge in [0.2, 0.25) is 5.78 Å². The van der Waals surface area contributed by atoms with Crippen LogP contribution in [-0.4, -0.2) is 44.6 Å². The fourth-order valence-corrected chi connectivity index (χ4v) is 4.16. The zero-order chi connectivity index (χ0) is 23.4. The molecule has 0 saturated carbocycles. The minimum absolute atomic E-state index is 0.138. The van der Waals surface area contributed by atoms with Gasteiger partial charge in [-0.3, -0.25) is 14.6 Å². The van der Waals surface area contributed by atoms with Crippen LogP contribution in [0.1, 0.15) is 44.7 Å². The van der Waals surface area contributed by atoms with Gasteiger partial charge in [-0.05, 0) is 37.5 Å². The van der Waals surface area contributed by atoms with E-state index in [4.69, 9.17) is 4.98 Å². The van der Waals surface area contributed by atoms with Gasteiger partial charge in [-0.2, -0.15) is 0 Å². The lowest BCUT2D eigenvalue weighted by molar-refractivity contribution is -0.147. The SMILES string of the molecule is CCC(C)C(=O)C(=O)N1CCCC(c2nc(-c3cccnc3)ncc2-c2ccccc2F)C1. The molecule has 2 atom stereocenters. The van der Waals surface area contributed by atoms with Crippen molar-refractivity contribution in [1.29, 1.82) is 0 Å². The van der Waals surface area contributed by atoms with Gasteiger partial charge >= 0.3 is 0 Å². The number of amides is 1. The third-order valence-electron chi connectivity index (χ3n) is 6.27. The Balaban J connectivity index is 1.73. The number of carbonyl (C=O) groups is 2. The molecular formula is C26H27FN4O2. The van der Waals surface area contributed by atoms with Crippen molar-refractivity contribution in [3.63, 3.8) is 0 Å². The number of piperidine rings is 1. The van der Waals surface area contributed by atoms with E-state index in [1.807, 2.05) is 19.1 Å². The van der Waals surface area contributed by atoms with Crippen LogP contribution in [0, 0.1) is 11.7 Å². The lowest BCUT2D eigenvalue weighted by Gasteiger charge is -2.33. The minimum Gasteiger partial charge on any atom is -0.335 e. The van der Waals surface area contributed by atoms with Gasteiger partial charge in [0.15, 0.2) is 5.82 Å². The zero-order valence-electron chi connectivity index (χ0n) is 18.9. The number of Topliss-reactive ketones (excluding diaryl/α,β-unsaturated/α-hetero) is 1. The molecule has 2 unspecified atom stereocenters. The van der Waals surface area contributed by atoms with E-state index in [-0.39, 0.29) is 23.4 Å².